The van der Waals surface area contributed by atoms with Gasteiger partial charge in [0.25, 0.3) is 0 Å². The van der Waals surface area contributed by atoms with Gasteiger partial charge in [0.2, 0.25) is 0 Å². The summed E-state index contributed by atoms with van der Waals surface area (Å²) < 4.78 is 0. The predicted molar refractivity (Wildman–Crippen MR) is 58.6 cm³/mol. The Bertz CT molecular complexity index is 353. The number of anilines is 1. The number of hydrogen-bond donors (Lipinski definition) is 0. The average Bonchev–Trinajstić information content (AvgIpc) is 2.71. The minimum Gasteiger partial charge on any atom is -0.345 e. The normalized spacial score (nSPS) is 21.6. The molecule has 1 atom stereocenters. The number of thiazole rings is 1. The summed E-state index contributed by atoms with van der Waals surface area (Å²) in [6.45, 7) is 3.19. The molecule has 1 unspecified atom stereocenters. The number of halogens is 1. The molecule has 1 aliphatic rings. The molecule has 14 heavy (non-hydrogen) atoms. The van der Waals surface area contributed by atoms with Gasteiger partial charge in [-0.15, -0.1) is 0 Å². The standard InChI is InChI=1S/C9H11ClN2OS/c1-6-3-2-4-12(6)9-11-8(10)7(5-13)14-9/h5-6H,2-4H2,1H3. The van der Waals surface area contributed by atoms with Crippen molar-refractivity contribution >= 4 is 34.4 Å². The Kier molecular flexibility index (Phi) is 2.74. The minimum absolute atomic E-state index is 0.333. The highest BCUT2D eigenvalue weighted by Crippen LogP contribution is 2.32. The lowest BCUT2D eigenvalue weighted by Crippen LogP contribution is -2.25. The Morgan fingerprint density at radius 3 is 3.00 bits per heavy atom. The second kappa shape index (κ2) is 3.87. The maximum absolute atomic E-state index is 10.6. The fourth-order valence-corrected chi connectivity index (χ4v) is 2.91. The molecule has 1 aliphatic heterocycles. The van der Waals surface area contributed by atoms with Crippen LogP contribution in [-0.2, 0) is 0 Å². The van der Waals surface area contributed by atoms with Crippen LogP contribution in [0.5, 0.6) is 0 Å². The van der Waals surface area contributed by atoms with E-state index in [0.717, 1.165) is 18.0 Å². The molecule has 0 N–H and O–H groups in total. The highest BCUT2D eigenvalue weighted by atomic mass is 35.5. The van der Waals surface area contributed by atoms with E-state index >= 15 is 0 Å². The summed E-state index contributed by atoms with van der Waals surface area (Å²) in [4.78, 5) is 17.5. The van der Waals surface area contributed by atoms with Crippen LogP contribution in [0.3, 0.4) is 0 Å². The zero-order valence-corrected chi connectivity index (χ0v) is 9.44. The summed E-state index contributed by atoms with van der Waals surface area (Å²) in [6, 6.07) is 0.511. The van der Waals surface area contributed by atoms with Crippen LogP contribution >= 0.6 is 22.9 Å². The number of carbonyl (C=O) groups excluding carboxylic acids is 1. The first-order valence-electron chi connectivity index (χ1n) is 4.60. The molecule has 0 radical (unpaired) electrons. The average molecular weight is 231 g/mol. The molecule has 0 spiro atoms. The van der Waals surface area contributed by atoms with Crippen LogP contribution in [0.1, 0.15) is 29.4 Å². The lowest BCUT2D eigenvalue weighted by molar-refractivity contribution is 0.112. The van der Waals surface area contributed by atoms with Crippen molar-refractivity contribution in [3.63, 3.8) is 0 Å². The zero-order chi connectivity index (χ0) is 10.1. The van der Waals surface area contributed by atoms with Crippen molar-refractivity contribution in [1.29, 1.82) is 0 Å². The highest BCUT2D eigenvalue weighted by molar-refractivity contribution is 7.17. The van der Waals surface area contributed by atoms with E-state index < -0.39 is 0 Å². The first kappa shape index (κ1) is 9.93. The summed E-state index contributed by atoms with van der Waals surface area (Å²) in [5.41, 5.74) is 0. The molecule has 1 aromatic rings. The smallest absolute Gasteiger partial charge is 0.187 e. The van der Waals surface area contributed by atoms with Gasteiger partial charge >= 0.3 is 0 Å². The van der Waals surface area contributed by atoms with Crippen molar-refractivity contribution in [1.82, 2.24) is 4.98 Å². The van der Waals surface area contributed by atoms with Crippen molar-refractivity contribution in [2.24, 2.45) is 0 Å². The second-order valence-electron chi connectivity index (χ2n) is 3.45. The molecule has 0 aliphatic carbocycles. The van der Waals surface area contributed by atoms with E-state index in [1.165, 1.54) is 24.2 Å². The molecule has 2 rings (SSSR count). The van der Waals surface area contributed by atoms with E-state index in [1.54, 1.807) is 0 Å². The molecule has 5 heteroatoms. The van der Waals surface area contributed by atoms with Gasteiger partial charge in [0.15, 0.2) is 16.6 Å². The number of carbonyl (C=O) groups is 1. The zero-order valence-electron chi connectivity index (χ0n) is 7.86. The van der Waals surface area contributed by atoms with Gasteiger partial charge in [-0.3, -0.25) is 4.79 Å². The molecule has 0 saturated carbocycles. The van der Waals surface area contributed by atoms with Crippen LogP contribution in [0.2, 0.25) is 5.15 Å². The van der Waals surface area contributed by atoms with E-state index in [4.69, 9.17) is 11.6 Å². The summed E-state index contributed by atoms with van der Waals surface area (Å²) in [7, 11) is 0. The van der Waals surface area contributed by atoms with Gasteiger partial charge < -0.3 is 4.90 Å². The topological polar surface area (TPSA) is 33.2 Å². The summed E-state index contributed by atoms with van der Waals surface area (Å²) >= 11 is 7.19. The fourth-order valence-electron chi connectivity index (χ4n) is 1.72. The van der Waals surface area contributed by atoms with Crippen molar-refractivity contribution in [3.8, 4) is 0 Å². The van der Waals surface area contributed by atoms with E-state index in [1.807, 2.05) is 0 Å². The largest absolute Gasteiger partial charge is 0.345 e. The molecule has 0 aromatic carbocycles. The minimum atomic E-state index is 0.333. The Morgan fingerprint density at radius 1 is 1.71 bits per heavy atom. The van der Waals surface area contributed by atoms with E-state index in [-0.39, 0.29) is 0 Å². The maximum atomic E-state index is 10.6. The lowest BCUT2D eigenvalue weighted by atomic mass is 10.2. The van der Waals surface area contributed by atoms with Crippen LogP contribution in [0.4, 0.5) is 5.13 Å². The van der Waals surface area contributed by atoms with Crippen LogP contribution < -0.4 is 4.90 Å². The maximum Gasteiger partial charge on any atom is 0.187 e. The summed E-state index contributed by atoms with van der Waals surface area (Å²) in [5.74, 6) is 0. The van der Waals surface area contributed by atoms with Crippen molar-refractivity contribution in [2.75, 3.05) is 11.4 Å². The number of hydrogen-bond acceptors (Lipinski definition) is 4. The molecule has 76 valence electrons. The third-order valence-corrected chi connectivity index (χ3v) is 3.92. The Balaban J connectivity index is 2.27. The molecular weight excluding hydrogens is 220 g/mol. The van der Waals surface area contributed by atoms with Crippen LogP contribution in [0.25, 0.3) is 0 Å². The number of aldehydes is 1. The third kappa shape index (κ3) is 1.64. The fraction of sp³-hybridized carbons (Fsp3) is 0.556. The van der Waals surface area contributed by atoms with Crippen molar-refractivity contribution < 1.29 is 4.79 Å². The van der Waals surface area contributed by atoms with Gasteiger partial charge in [-0.25, -0.2) is 4.98 Å². The molecule has 1 aromatic heterocycles. The van der Waals surface area contributed by atoms with Crippen LogP contribution in [-0.4, -0.2) is 23.9 Å². The quantitative estimate of drug-likeness (QED) is 0.733. The van der Waals surface area contributed by atoms with E-state index in [9.17, 15) is 4.79 Å². The van der Waals surface area contributed by atoms with Gasteiger partial charge in [0.1, 0.15) is 4.88 Å². The molecular formula is C9H11ClN2OS. The van der Waals surface area contributed by atoms with E-state index in [0.29, 0.717) is 16.1 Å². The number of aromatic nitrogens is 1. The SMILES string of the molecule is CC1CCCN1c1nc(Cl)c(C=O)s1. The molecule has 1 saturated heterocycles. The summed E-state index contributed by atoms with van der Waals surface area (Å²) in [5, 5.41) is 1.21. The number of nitrogens with zero attached hydrogens (tertiary/aromatic N) is 2. The van der Waals surface area contributed by atoms with Crippen molar-refractivity contribution in [2.45, 2.75) is 25.8 Å². The van der Waals surface area contributed by atoms with Gasteiger partial charge in [-0.2, -0.15) is 0 Å². The second-order valence-corrected chi connectivity index (χ2v) is 4.82. The highest BCUT2D eigenvalue weighted by Gasteiger charge is 2.24. The Labute approximate surface area is 91.7 Å². The van der Waals surface area contributed by atoms with Crippen LogP contribution in [0, 0.1) is 0 Å². The molecule has 1 fully saturated rings. The molecule has 3 nitrogen and oxygen atoms in total. The Hall–Kier alpha value is -0.610. The van der Waals surface area contributed by atoms with Crippen LogP contribution in [0.15, 0.2) is 0 Å². The number of rotatable bonds is 2. The van der Waals surface area contributed by atoms with Gasteiger partial charge in [-0.05, 0) is 19.8 Å². The van der Waals surface area contributed by atoms with Gasteiger partial charge in [-0.1, -0.05) is 22.9 Å². The molecule has 0 bridgehead atoms. The molecule has 0 amide bonds. The van der Waals surface area contributed by atoms with Gasteiger partial charge in [0, 0.05) is 12.6 Å². The van der Waals surface area contributed by atoms with Crippen molar-refractivity contribution in [3.05, 3.63) is 10.0 Å². The lowest BCUT2D eigenvalue weighted by Gasteiger charge is -2.19. The van der Waals surface area contributed by atoms with E-state index in [2.05, 4.69) is 16.8 Å². The summed E-state index contributed by atoms with van der Waals surface area (Å²) in [6.07, 6.45) is 3.15. The Morgan fingerprint density at radius 2 is 2.50 bits per heavy atom. The van der Waals surface area contributed by atoms with Gasteiger partial charge in [0.05, 0.1) is 0 Å². The third-order valence-electron chi connectivity index (χ3n) is 2.50. The predicted octanol–water partition coefficient (Wildman–Crippen LogP) is 2.60. The first-order chi connectivity index (χ1) is 6.72. The monoisotopic (exact) mass is 230 g/mol. The molecule has 2 heterocycles. The first-order valence-corrected chi connectivity index (χ1v) is 5.80.